The SMILES string of the molecule is N#C/C(=C/c1cc(O)c(O)c([N+](=O)[O-])c1)C(=O)Cl. The molecule has 7 nitrogen and oxygen atoms in total. The van der Waals surface area contributed by atoms with Crippen molar-refractivity contribution in [2.24, 2.45) is 0 Å². The average molecular weight is 269 g/mol. The van der Waals surface area contributed by atoms with Crippen molar-refractivity contribution in [3.05, 3.63) is 33.4 Å². The Labute approximate surface area is 105 Å². The summed E-state index contributed by atoms with van der Waals surface area (Å²) < 4.78 is 0. The summed E-state index contributed by atoms with van der Waals surface area (Å²) in [6, 6.07) is 3.35. The van der Waals surface area contributed by atoms with Crippen molar-refractivity contribution in [2.75, 3.05) is 0 Å². The van der Waals surface area contributed by atoms with Crippen LogP contribution in [0.25, 0.3) is 6.08 Å². The predicted octanol–water partition coefficient (Wildman–Crippen LogP) is 1.68. The third-order valence-electron chi connectivity index (χ3n) is 1.93. The third kappa shape index (κ3) is 2.75. The second-order valence-corrected chi connectivity index (χ2v) is 3.45. The molecule has 0 unspecified atom stereocenters. The molecule has 0 atom stereocenters. The number of halogens is 1. The van der Waals surface area contributed by atoms with E-state index in [9.17, 15) is 25.1 Å². The van der Waals surface area contributed by atoms with Crippen LogP contribution in [0.3, 0.4) is 0 Å². The Morgan fingerprint density at radius 1 is 1.50 bits per heavy atom. The van der Waals surface area contributed by atoms with Gasteiger partial charge in [0.05, 0.1) is 4.92 Å². The summed E-state index contributed by atoms with van der Waals surface area (Å²) in [6.45, 7) is 0. The molecule has 18 heavy (non-hydrogen) atoms. The number of nitriles is 1. The standard InChI is InChI=1S/C10H5ClN2O5/c11-10(16)6(4-12)1-5-2-7(13(17)18)9(15)8(14)3-5/h1-3,14-15H/b6-1-. The molecule has 1 aromatic carbocycles. The van der Waals surface area contributed by atoms with Crippen LogP contribution in [0.4, 0.5) is 5.69 Å². The molecule has 0 aliphatic carbocycles. The summed E-state index contributed by atoms with van der Waals surface area (Å²) in [5.74, 6) is -1.64. The van der Waals surface area contributed by atoms with Crippen molar-refractivity contribution in [2.45, 2.75) is 0 Å². The van der Waals surface area contributed by atoms with E-state index >= 15 is 0 Å². The molecule has 8 heteroatoms. The van der Waals surface area contributed by atoms with Crippen molar-refractivity contribution in [3.63, 3.8) is 0 Å². The fraction of sp³-hybridized carbons (Fsp3) is 0. The first-order valence-electron chi connectivity index (χ1n) is 4.38. The molecule has 0 radical (unpaired) electrons. The molecule has 0 heterocycles. The lowest BCUT2D eigenvalue weighted by Crippen LogP contribution is -1.92. The van der Waals surface area contributed by atoms with Gasteiger partial charge < -0.3 is 10.2 Å². The van der Waals surface area contributed by atoms with Gasteiger partial charge in [-0.15, -0.1) is 0 Å². The van der Waals surface area contributed by atoms with Crippen molar-refractivity contribution in [1.29, 1.82) is 5.26 Å². The maximum Gasteiger partial charge on any atom is 0.315 e. The lowest BCUT2D eigenvalue weighted by atomic mass is 10.1. The van der Waals surface area contributed by atoms with Gasteiger partial charge in [-0.1, -0.05) is 0 Å². The molecule has 2 N–H and O–H groups in total. The maximum atomic E-state index is 10.8. The van der Waals surface area contributed by atoms with E-state index < -0.39 is 32.9 Å². The van der Waals surface area contributed by atoms with Crippen LogP contribution in [0, 0.1) is 21.4 Å². The van der Waals surface area contributed by atoms with Crippen LogP contribution in [0.5, 0.6) is 11.5 Å². The topological polar surface area (TPSA) is 124 Å². The van der Waals surface area contributed by atoms with Crippen LogP contribution in [-0.4, -0.2) is 20.4 Å². The lowest BCUT2D eigenvalue weighted by molar-refractivity contribution is -0.386. The molecule has 1 rings (SSSR count). The van der Waals surface area contributed by atoms with Gasteiger partial charge in [-0.25, -0.2) is 0 Å². The summed E-state index contributed by atoms with van der Waals surface area (Å²) in [7, 11) is 0. The number of hydrogen-bond donors (Lipinski definition) is 2. The van der Waals surface area contributed by atoms with Gasteiger partial charge in [0.2, 0.25) is 5.75 Å². The van der Waals surface area contributed by atoms with Gasteiger partial charge in [0.25, 0.3) is 5.24 Å². The number of phenolic OH excluding ortho intramolecular Hbond substituents is 2. The quantitative estimate of drug-likeness (QED) is 0.214. The van der Waals surface area contributed by atoms with Crippen LogP contribution in [-0.2, 0) is 4.79 Å². The van der Waals surface area contributed by atoms with Gasteiger partial charge in [0.15, 0.2) is 5.75 Å². The van der Waals surface area contributed by atoms with Gasteiger partial charge in [0, 0.05) is 6.07 Å². The number of aromatic hydroxyl groups is 2. The summed E-state index contributed by atoms with van der Waals surface area (Å²) in [6.07, 6.45) is 0.960. The molecule has 0 fully saturated rings. The average Bonchev–Trinajstić information content (AvgIpc) is 2.29. The van der Waals surface area contributed by atoms with E-state index in [0.717, 1.165) is 18.2 Å². The summed E-state index contributed by atoms with van der Waals surface area (Å²) in [5, 5.41) is 36.6. The zero-order chi connectivity index (χ0) is 13.9. The smallest absolute Gasteiger partial charge is 0.315 e. The highest BCUT2D eigenvalue weighted by atomic mass is 35.5. The first-order chi connectivity index (χ1) is 8.36. The summed E-state index contributed by atoms with van der Waals surface area (Å²) >= 11 is 5.09. The number of benzene rings is 1. The molecule has 0 bridgehead atoms. The molecule has 0 aliphatic heterocycles. The van der Waals surface area contributed by atoms with Gasteiger partial charge in [-0.05, 0) is 29.3 Å². The van der Waals surface area contributed by atoms with Gasteiger partial charge in [-0.3, -0.25) is 14.9 Å². The zero-order valence-corrected chi connectivity index (χ0v) is 9.38. The van der Waals surface area contributed by atoms with E-state index in [2.05, 4.69) is 0 Å². The summed E-state index contributed by atoms with van der Waals surface area (Å²) in [5.41, 5.74) is -1.21. The Morgan fingerprint density at radius 3 is 2.56 bits per heavy atom. The van der Waals surface area contributed by atoms with Crippen LogP contribution in [0.1, 0.15) is 5.56 Å². The van der Waals surface area contributed by atoms with Gasteiger partial charge in [0.1, 0.15) is 11.6 Å². The Kier molecular flexibility index (Phi) is 3.86. The second kappa shape index (κ2) is 5.16. The number of nitrogens with zero attached hydrogens (tertiary/aromatic N) is 2. The van der Waals surface area contributed by atoms with E-state index in [0.29, 0.717) is 0 Å². The minimum Gasteiger partial charge on any atom is -0.504 e. The fourth-order valence-electron chi connectivity index (χ4n) is 1.15. The van der Waals surface area contributed by atoms with Crippen molar-refractivity contribution in [3.8, 4) is 17.6 Å². The minimum absolute atomic E-state index is 0.0115. The Hall–Kier alpha value is -2.59. The van der Waals surface area contributed by atoms with Crippen molar-refractivity contribution >= 4 is 28.6 Å². The normalized spacial score (nSPS) is 10.8. The molecule has 0 spiro atoms. The number of allylic oxidation sites excluding steroid dienone is 1. The largest absolute Gasteiger partial charge is 0.504 e. The van der Waals surface area contributed by atoms with E-state index in [1.807, 2.05) is 0 Å². The molecule has 0 saturated carbocycles. The first-order valence-corrected chi connectivity index (χ1v) is 4.76. The number of carbonyl (C=O) groups is 1. The Balaban J connectivity index is 3.41. The van der Waals surface area contributed by atoms with Gasteiger partial charge >= 0.3 is 5.69 Å². The number of nitro benzene ring substituents is 1. The number of carbonyl (C=O) groups excluding carboxylic acids is 1. The number of phenols is 2. The highest BCUT2D eigenvalue weighted by molar-refractivity contribution is 6.68. The van der Waals surface area contributed by atoms with E-state index in [4.69, 9.17) is 16.9 Å². The van der Waals surface area contributed by atoms with Crippen LogP contribution in [0.2, 0.25) is 0 Å². The first kappa shape index (κ1) is 13.5. The molecule has 0 amide bonds. The Morgan fingerprint density at radius 2 is 2.11 bits per heavy atom. The summed E-state index contributed by atoms with van der Waals surface area (Å²) in [4.78, 5) is 20.4. The van der Waals surface area contributed by atoms with E-state index in [1.165, 1.54) is 6.07 Å². The lowest BCUT2D eigenvalue weighted by Gasteiger charge is -2.01. The maximum absolute atomic E-state index is 10.8. The fourth-order valence-corrected chi connectivity index (χ4v) is 1.24. The molecule has 1 aromatic rings. The minimum atomic E-state index is -1.03. The molecule has 92 valence electrons. The van der Waals surface area contributed by atoms with Crippen molar-refractivity contribution < 1.29 is 19.9 Å². The molecule has 0 saturated heterocycles. The number of rotatable bonds is 3. The Bertz CT molecular complexity index is 603. The molecule has 0 aliphatic rings. The molecular weight excluding hydrogens is 264 g/mol. The van der Waals surface area contributed by atoms with Crippen LogP contribution < -0.4 is 0 Å². The second-order valence-electron chi connectivity index (χ2n) is 3.11. The third-order valence-corrected chi connectivity index (χ3v) is 2.14. The van der Waals surface area contributed by atoms with Crippen LogP contribution in [0.15, 0.2) is 17.7 Å². The van der Waals surface area contributed by atoms with Crippen LogP contribution >= 0.6 is 11.6 Å². The highest BCUT2D eigenvalue weighted by Gasteiger charge is 2.18. The van der Waals surface area contributed by atoms with Gasteiger partial charge in [-0.2, -0.15) is 5.26 Å². The number of hydrogen-bond acceptors (Lipinski definition) is 6. The zero-order valence-electron chi connectivity index (χ0n) is 8.62. The monoisotopic (exact) mass is 268 g/mol. The van der Waals surface area contributed by atoms with Crippen molar-refractivity contribution in [1.82, 2.24) is 0 Å². The van der Waals surface area contributed by atoms with E-state index in [1.54, 1.807) is 0 Å². The molecular formula is C10H5ClN2O5. The predicted molar refractivity (Wildman–Crippen MR) is 60.9 cm³/mol. The highest BCUT2D eigenvalue weighted by Crippen LogP contribution is 2.36. The molecule has 0 aromatic heterocycles. The number of nitro groups is 1. The van der Waals surface area contributed by atoms with E-state index in [-0.39, 0.29) is 5.56 Å².